The van der Waals surface area contributed by atoms with E-state index in [0.717, 1.165) is 17.7 Å². The molecule has 1 heterocycles. The molecule has 1 fully saturated rings. The number of imide groups is 2. The van der Waals surface area contributed by atoms with E-state index in [1.54, 1.807) is 30.3 Å². The van der Waals surface area contributed by atoms with E-state index in [1.807, 2.05) is 25.1 Å². The van der Waals surface area contributed by atoms with E-state index in [2.05, 4.69) is 10.6 Å². The number of nitro groups is 1. The SMILES string of the molecule is Cc1cccc(NC(=O)COc2ccccc2/C=C2/C(=O)NC(=O)N(c3ccc([N+](=O)[O-])cc3)C2=O)c1. The van der Waals surface area contributed by atoms with Crippen LogP contribution in [-0.2, 0) is 14.4 Å². The Balaban J connectivity index is 1.54. The summed E-state index contributed by atoms with van der Waals surface area (Å²) in [6.45, 7) is 1.57. The number of nitro benzene ring substituents is 1. The zero-order chi connectivity index (χ0) is 26.5. The fourth-order valence-electron chi connectivity index (χ4n) is 3.57. The van der Waals surface area contributed by atoms with Crippen molar-refractivity contribution in [2.45, 2.75) is 6.92 Å². The molecule has 1 aliphatic rings. The maximum atomic E-state index is 13.1. The minimum absolute atomic E-state index is 0.0452. The normalized spacial score (nSPS) is 14.4. The van der Waals surface area contributed by atoms with Gasteiger partial charge in [-0.1, -0.05) is 30.3 Å². The predicted molar refractivity (Wildman–Crippen MR) is 134 cm³/mol. The Kier molecular flexibility index (Phi) is 7.05. The molecule has 4 rings (SSSR count). The molecule has 0 atom stereocenters. The maximum absolute atomic E-state index is 13.1. The van der Waals surface area contributed by atoms with Crippen LogP contribution in [0.5, 0.6) is 5.75 Å². The van der Waals surface area contributed by atoms with Gasteiger partial charge in [0.25, 0.3) is 23.4 Å². The van der Waals surface area contributed by atoms with E-state index in [0.29, 0.717) is 16.2 Å². The van der Waals surface area contributed by atoms with Gasteiger partial charge in [-0.15, -0.1) is 0 Å². The number of para-hydroxylation sites is 1. The largest absolute Gasteiger partial charge is 0.483 e. The first-order chi connectivity index (χ1) is 17.7. The third kappa shape index (κ3) is 5.68. The van der Waals surface area contributed by atoms with Crippen LogP contribution in [0.15, 0.2) is 78.4 Å². The number of hydrogen-bond acceptors (Lipinski definition) is 7. The number of nitrogens with one attached hydrogen (secondary N) is 2. The molecule has 0 unspecified atom stereocenters. The first-order valence-corrected chi connectivity index (χ1v) is 11.0. The van der Waals surface area contributed by atoms with Crippen molar-refractivity contribution in [1.82, 2.24) is 5.32 Å². The molecule has 0 aromatic heterocycles. The number of barbiturate groups is 1. The van der Waals surface area contributed by atoms with Gasteiger partial charge in [-0.25, -0.2) is 9.69 Å². The van der Waals surface area contributed by atoms with Crippen LogP contribution in [0.25, 0.3) is 6.08 Å². The Morgan fingerprint density at radius 2 is 1.78 bits per heavy atom. The number of carbonyl (C=O) groups excluding carboxylic acids is 4. The van der Waals surface area contributed by atoms with Gasteiger partial charge in [-0.2, -0.15) is 0 Å². The minimum atomic E-state index is -0.988. The van der Waals surface area contributed by atoms with E-state index in [9.17, 15) is 29.3 Å². The van der Waals surface area contributed by atoms with Crippen molar-refractivity contribution >= 4 is 46.9 Å². The first kappa shape index (κ1) is 24.8. The topological polar surface area (TPSA) is 148 Å². The third-order valence-electron chi connectivity index (χ3n) is 5.30. The lowest BCUT2D eigenvalue weighted by molar-refractivity contribution is -0.384. The molecule has 1 saturated heterocycles. The molecule has 0 radical (unpaired) electrons. The van der Waals surface area contributed by atoms with E-state index in [-0.39, 0.29) is 29.3 Å². The molecule has 37 heavy (non-hydrogen) atoms. The number of rotatable bonds is 7. The van der Waals surface area contributed by atoms with Crippen LogP contribution in [0.2, 0.25) is 0 Å². The van der Waals surface area contributed by atoms with Crippen LogP contribution < -0.4 is 20.3 Å². The number of hydrogen-bond donors (Lipinski definition) is 2. The summed E-state index contributed by atoms with van der Waals surface area (Å²) in [6, 6.07) is 17.5. The van der Waals surface area contributed by atoms with Gasteiger partial charge in [-0.05, 0) is 48.9 Å². The average Bonchev–Trinajstić information content (AvgIpc) is 2.86. The van der Waals surface area contributed by atoms with E-state index in [1.165, 1.54) is 18.2 Å². The molecular weight excluding hydrogens is 480 g/mol. The lowest BCUT2D eigenvalue weighted by Crippen LogP contribution is -2.54. The fourth-order valence-corrected chi connectivity index (χ4v) is 3.57. The number of nitrogens with zero attached hydrogens (tertiary/aromatic N) is 2. The molecule has 0 aliphatic carbocycles. The standard InChI is InChI=1S/C26H20N4O7/c1-16-5-4-7-18(13-16)27-23(31)15-37-22-8-3-2-6-17(22)14-21-24(32)28-26(34)29(25(21)33)19-9-11-20(12-10-19)30(35)36/h2-14H,15H2,1H3,(H,27,31)(H,28,32,34)/b21-14-. The summed E-state index contributed by atoms with van der Waals surface area (Å²) in [5.41, 5.74) is 1.37. The molecule has 11 heteroatoms. The zero-order valence-electron chi connectivity index (χ0n) is 19.5. The molecule has 0 bridgehead atoms. The van der Waals surface area contributed by atoms with Gasteiger partial charge < -0.3 is 10.1 Å². The van der Waals surface area contributed by atoms with E-state index < -0.39 is 28.7 Å². The molecule has 0 saturated carbocycles. The van der Waals surface area contributed by atoms with Crippen LogP contribution in [0.4, 0.5) is 21.9 Å². The van der Waals surface area contributed by atoms with Gasteiger partial charge in [0.05, 0.1) is 10.6 Å². The minimum Gasteiger partial charge on any atom is -0.483 e. The summed E-state index contributed by atoms with van der Waals surface area (Å²) >= 11 is 0. The van der Waals surface area contributed by atoms with Crippen molar-refractivity contribution in [1.29, 1.82) is 0 Å². The number of anilines is 2. The summed E-state index contributed by atoms with van der Waals surface area (Å²) < 4.78 is 5.64. The van der Waals surface area contributed by atoms with Gasteiger partial charge in [0, 0.05) is 23.4 Å². The Labute approximate surface area is 210 Å². The second-order valence-corrected chi connectivity index (χ2v) is 7.98. The van der Waals surface area contributed by atoms with Crippen LogP contribution in [0.1, 0.15) is 11.1 Å². The van der Waals surface area contributed by atoms with Crippen LogP contribution in [0, 0.1) is 17.0 Å². The molecule has 11 nitrogen and oxygen atoms in total. The summed E-state index contributed by atoms with van der Waals surface area (Å²) in [4.78, 5) is 61.4. The van der Waals surface area contributed by atoms with Gasteiger partial charge >= 0.3 is 6.03 Å². The first-order valence-electron chi connectivity index (χ1n) is 11.0. The monoisotopic (exact) mass is 500 g/mol. The maximum Gasteiger partial charge on any atom is 0.335 e. The second-order valence-electron chi connectivity index (χ2n) is 7.98. The Hall–Kier alpha value is -5.32. The smallest absolute Gasteiger partial charge is 0.335 e. The van der Waals surface area contributed by atoms with Crippen molar-refractivity contribution in [3.05, 3.63) is 99.6 Å². The van der Waals surface area contributed by atoms with Crippen LogP contribution in [0.3, 0.4) is 0 Å². The lowest BCUT2D eigenvalue weighted by Gasteiger charge is -2.26. The lowest BCUT2D eigenvalue weighted by atomic mass is 10.1. The Morgan fingerprint density at radius 1 is 1.05 bits per heavy atom. The average molecular weight is 500 g/mol. The van der Waals surface area contributed by atoms with Crippen molar-refractivity contribution in [3.8, 4) is 5.75 Å². The number of aryl methyl sites for hydroxylation is 1. The predicted octanol–water partition coefficient (Wildman–Crippen LogP) is 3.59. The fraction of sp³-hybridized carbons (Fsp3) is 0.0769. The highest BCUT2D eigenvalue weighted by Gasteiger charge is 2.37. The molecular formula is C26H20N4O7. The Bertz CT molecular complexity index is 1450. The van der Waals surface area contributed by atoms with E-state index in [4.69, 9.17) is 4.74 Å². The number of amides is 5. The Morgan fingerprint density at radius 3 is 2.49 bits per heavy atom. The molecule has 3 aromatic carbocycles. The summed E-state index contributed by atoms with van der Waals surface area (Å²) in [6.07, 6.45) is 1.25. The number of carbonyl (C=O) groups is 4. The van der Waals surface area contributed by atoms with Gasteiger partial charge in [0.15, 0.2) is 6.61 Å². The highest BCUT2D eigenvalue weighted by atomic mass is 16.6. The van der Waals surface area contributed by atoms with Gasteiger partial charge in [0.1, 0.15) is 11.3 Å². The van der Waals surface area contributed by atoms with E-state index >= 15 is 0 Å². The third-order valence-corrected chi connectivity index (χ3v) is 5.30. The van der Waals surface area contributed by atoms with Crippen LogP contribution >= 0.6 is 0 Å². The van der Waals surface area contributed by atoms with Crippen molar-refractivity contribution < 1.29 is 28.8 Å². The molecule has 186 valence electrons. The van der Waals surface area contributed by atoms with Crippen molar-refractivity contribution in [2.24, 2.45) is 0 Å². The number of benzene rings is 3. The molecule has 1 aliphatic heterocycles. The second kappa shape index (κ2) is 10.5. The zero-order valence-corrected chi connectivity index (χ0v) is 19.5. The highest BCUT2D eigenvalue weighted by molar-refractivity contribution is 6.39. The molecule has 2 N–H and O–H groups in total. The van der Waals surface area contributed by atoms with Crippen LogP contribution in [-0.4, -0.2) is 35.3 Å². The van der Waals surface area contributed by atoms with Gasteiger partial charge in [-0.3, -0.25) is 29.8 Å². The summed E-state index contributed by atoms with van der Waals surface area (Å²) in [5.74, 6) is -2.02. The number of non-ortho nitro benzene ring substituents is 1. The molecule has 5 amide bonds. The highest BCUT2D eigenvalue weighted by Crippen LogP contribution is 2.26. The van der Waals surface area contributed by atoms with Gasteiger partial charge in [0.2, 0.25) is 0 Å². The van der Waals surface area contributed by atoms with Crippen molar-refractivity contribution in [3.63, 3.8) is 0 Å². The molecule has 0 spiro atoms. The quantitative estimate of drug-likeness (QED) is 0.218. The van der Waals surface area contributed by atoms with Crippen molar-refractivity contribution in [2.75, 3.05) is 16.8 Å². The summed E-state index contributed by atoms with van der Waals surface area (Å²) in [5, 5.41) is 15.7. The summed E-state index contributed by atoms with van der Waals surface area (Å²) in [7, 11) is 0. The number of urea groups is 1. The molecule has 3 aromatic rings. The number of ether oxygens (including phenoxy) is 1.